The number of ketones is 1. The van der Waals surface area contributed by atoms with Gasteiger partial charge < -0.3 is 5.73 Å². The first kappa shape index (κ1) is 9.86. The van der Waals surface area contributed by atoms with Gasteiger partial charge in [0.1, 0.15) is 5.69 Å². The number of nitrogens with zero attached hydrogens (tertiary/aromatic N) is 2. The van der Waals surface area contributed by atoms with Crippen molar-refractivity contribution in [1.29, 1.82) is 0 Å². The lowest BCUT2D eigenvalue weighted by molar-refractivity contribution is 0.101. The van der Waals surface area contributed by atoms with Crippen molar-refractivity contribution in [3.63, 3.8) is 0 Å². The molecule has 0 aliphatic carbocycles. The number of aromatic nitrogens is 2. The van der Waals surface area contributed by atoms with E-state index in [1.807, 2.05) is 0 Å². The third-order valence-corrected chi connectivity index (χ3v) is 2.24. The first-order valence-corrected chi connectivity index (χ1v) is 4.69. The molecule has 0 radical (unpaired) electrons. The van der Waals surface area contributed by atoms with E-state index in [0.29, 0.717) is 21.6 Å². The van der Waals surface area contributed by atoms with Crippen molar-refractivity contribution >= 4 is 34.2 Å². The minimum absolute atomic E-state index is 0.0787. The predicted octanol–water partition coefficient (Wildman–Crippen LogP) is 2.07. The molecule has 4 nitrogen and oxygen atoms in total. The SMILES string of the molecule is CC(=O)c1nc(N)nc2cc(Cl)ccc12. The number of rotatable bonds is 1. The predicted molar refractivity (Wildman–Crippen MR) is 59.0 cm³/mol. The van der Waals surface area contributed by atoms with Crippen LogP contribution < -0.4 is 5.73 Å². The molecule has 0 amide bonds. The van der Waals surface area contributed by atoms with Crippen LogP contribution in [0.25, 0.3) is 10.9 Å². The van der Waals surface area contributed by atoms with Gasteiger partial charge in [-0.15, -0.1) is 0 Å². The molecule has 1 heterocycles. The Morgan fingerprint density at radius 3 is 2.80 bits per heavy atom. The van der Waals surface area contributed by atoms with Crippen LogP contribution in [0.4, 0.5) is 5.95 Å². The lowest BCUT2D eigenvalue weighted by Gasteiger charge is -2.03. The number of halogens is 1. The van der Waals surface area contributed by atoms with Crippen LogP contribution in [0.1, 0.15) is 17.4 Å². The number of carbonyl (C=O) groups excluding carboxylic acids is 1. The van der Waals surface area contributed by atoms with Crippen molar-refractivity contribution in [3.8, 4) is 0 Å². The molecule has 0 saturated carbocycles. The Balaban J connectivity index is 2.86. The van der Waals surface area contributed by atoms with Crippen LogP contribution in [0.3, 0.4) is 0 Å². The molecule has 0 unspecified atom stereocenters. The second-order valence-electron chi connectivity index (χ2n) is 3.15. The summed E-state index contributed by atoms with van der Waals surface area (Å²) in [7, 11) is 0. The Morgan fingerprint density at radius 2 is 2.13 bits per heavy atom. The normalized spacial score (nSPS) is 10.5. The fourth-order valence-electron chi connectivity index (χ4n) is 1.39. The van der Waals surface area contributed by atoms with E-state index < -0.39 is 0 Å². The highest BCUT2D eigenvalue weighted by molar-refractivity contribution is 6.31. The number of nitrogens with two attached hydrogens (primary N) is 1. The van der Waals surface area contributed by atoms with Crippen LogP contribution in [0.15, 0.2) is 18.2 Å². The number of benzene rings is 1. The number of hydrogen-bond donors (Lipinski definition) is 1. The van der Waals surface area contributed by atoms with Crippen LogP contribution in [0.5, 0.6) is 0 Å². The van der Waals surface area contributed by atoms with E-state index >= 15 is 0 Å². The minimum atomic E-state index is -0.142. The number of hydrogen-bond acceptors (Lipinski definition) is 4. The van der Waals surface area contributed by atoms with Gasteiger partial charge >= 0.3 is 0 Å². The number of Topliss-reactive ketones (excluding diaryl/α,β-unsaturated/α-hetero) is 1. The van der Waals surface area contributed by atoms with Gasteiger partial charge in [-0.05, 0) is 18.2 Å². The molecule has 0 fully saturated rings. The van der Waals surface area contributed by atoms with Crippen LogP contribution in [-0.4, -0.2) is 15.8 Å². The maximum absolute atomic E-state index is 11.3. The molecule has 0 atom stereocenters. The molecule has 2 rings (SSSR count). The van der Waals surface area contributed by atoms with Gasteiger partial charge in [-0.2, -0.15) is 0 Å². The molecular weight excluding hydrogens is 214 g/mol. The van der Waals surface area contributed by atoms with Crippen molar-refractivity contribution in [2.75, 3.05) is 5.73 Å². The fourth-order valence-corrected chi connectivity index (χ4v) is 1.56. The van der Waals surface area contributed by atoms with Gasteiger partial charge in [0.25, 0.3) is 0 Å². The third-order valence-electron chi connectivity index (χ3n) is 2.01. The van der Waals surface area contributed by atoms with Crippen LogP contribution in [-0.2, 0) is 0 Å². The van der Waals surface area contributed by atoms with Crippen LogP contribution in [0, 0.1) is 0 Å². The second-order valence-corrected chi connectivity index (χ2v) is 3.58. The summed E-state index contributed by atoms with van der Waals surface area (Å²) >= 11 is 5.82. The molecule has 0 aliphatic rings. The summed E-state index contributed by atoms with van der Waals surface area (Å²) in [6, 6.07) is 5.06. The van der Waals surface area contributed by atoms with Gasteiger partial charge in [0.05, 0.1) is 5.52 Å². The van der Waals surface area contributed by atoms with Crippen molar-refractivity contribution in [2.45, 2.75) is 6.92 Å². The van der Waals surface area contributed by atoms with Gasteiger partial charge in [0.15, 0.2) is 5.78 Å². The molecule has 0 spiro atoms. The Bertz CT molecular complexity index is 548. The molecule has 2 N–H and O–H groups in total. The van der Waals surface area contributed by atoms with E-state index in [9.17, 15) is 4.79 Å². The van der Waals surface area contributed by atoms with E-state index in [4.69, 9.17) is 17.3 Å². The van der Waals surface area contributed by atoms with E-state index in [1.54, 1.807) is 18.2 Å². The highest BCUT2D eigenvalue weighted by Gasteiger charge is 2.10. The highest BCUT2D eigenvalue weighted by Crippen LogP contribution is 2.21. The third kappa shape index (κ3) is 1.76. The molecule has 0 saturated heterocycles. The first-order valence-electron chi connectivity index (χ1n) is 4.31. The summed E-state index contributed by atoms with van der Waals surface area (Å²) in [5.74, 6) is -0.0635. The van der Waals surface area contributed by atoms with Gasteiger partial charge in [-0.1, -0.05) is 11.6 Å². The molecule has 2 aromatic rings. The zero-order valence-electron chi connectivity index (χ0n) is 7.99. The fraction of sp³-hybridized carbons (Fsp3) is 0.100. The summed E-state index contributed by atoms with van der Waals surface area (Å²) in [6.45, 7) is 1.44. The lowest BCUT2D eigenvalue weighted by Crippen LogP contribution is -2.04. The molecule has 1 aromatic heterocycles. The average Bonchev–Trinajstić information content (AvgIpc) is 2.15. The molecule has 0 aliphatic heterocycles. The second kappa shape index (κ2) is 3.47. The molecule has 5 heteroatoms. The van der Waals surface area contributed by atoms with Crippen molar-refractivity contribution in [1.82, 2.24) is 9.97 Å². The Hall–Kier alpha value is -1.68. The Morgan fingerprint density at radius 1 is 1.40 bits per heavy atom. The average molecular weight is 222 g/mol. The minimum Gasteiger partial charge on any atom is -0.368 e. The van der Waals surface area contributed by atoms with Crippen LogP contribution >= 0.6 is 11.6 Å². The largest absolute Gasteiger partial charge is 0.368 e. The Labute approximate surface area is 91.1 Å². The van der Waals surface area contributed by atoms with E-state index in [0.717, 1.165) is 0 Å². The number of nitrogen functional groups attached to an aromatic ring is 1. The molecule has 76 valence electrons. The van der Waals surface area contributed by atoms with Gasteiger partial charge in [0, 0.05) is 17.3 Å². The maximum Gasteiger partial charge on any atom is 0.221 e. The summed E-state index contributed by atoms with van der Waals surface area (Å²) < 4.78 is 0. The quantitative estimate of drug-likeness (QED) is 0.749. The van der Waals surface area contributed by atoms with Crippen molar-refractivity contribution in [2.24, 2.45) is 0 Å². The van der Waals surface area contributed by atoms with Crippen LogP contribution in [0.2, 0.25) is 5.02 Å². The highest BCUT2D eigenvalue weighted by atomic mass is 35.5. The standard InChI is InChI=1S/C10H8ClN3O/c1-5(15)9-7-3-2-6(11)4-8(7)13-10(12)14-9/h2-4H,1H3,(H2,12,13,14). The van der Waals surface area contributed by atoms with E-state index in [2.05, 4.69) is 9.97 Å². The number of anilines is 1. The summed E-state index contributed by atoms with van der Waals surface area (Å²) in [5.41, 5.74) is 6.41. The monoisotopic (exact) mass is 221 g/mol. The number of fused-ring (bicyclic) bond motifs is 1. The van der Waals surface area contributed by atoms with Gasteiger partial charge in [-0.3, -0.25) is 4.79 Å². The number of carbonyl (C=O) groups is 1. The molecule has 0 bridgehead atoms. The summed E-state index contributed by atoms with van der Waals surface area (Å²) in [5, 5.41) is 1.22. The first-order chi connectivity index (χ1) is 7.08. The Kier molecular flexibility index (Phi) is 2.28. The van der Waals surface area contributed by atoms with Gasteiger partial charge in [0.2, 0.25) is 5.95 Å². The van der Waals surface area contributed by atoms with E-state index in [-0.39, 0.29) is 11.7 Å². The maximum atomic E-state index is 11.3. The van der Waals surface area contributed by atoms with Crippen molar-refractivity contribution < 1.29 is 4.79 Å². The summed E-state index contributed by atoms with van der Waals surface area (Å²) in [6.07, 6.45) is 0. The summed E-state index contributed by atoms with van der Waals surface area (Å²) in [4.78, 5) is 19.2. The zero-order valence-corrected chi connectivity index (χ0v) is 8.75. The topological polar surface area (TPSA) is 68.9 Å². The lowest BCUT2D eigenvalue weighted by atomic mass is 10.1. The smallest absolute Gasteiger partial charge is 0.221 e. The molecular formula is C10H8ClN3O. The molecule has 15 heavy (non-hydrogen) atoms. The molecule has 1 aromatic carbocycles. The zero-order chi connectivity index (χ0) is 11.0. The van der Waals surface area contributed by atoms with Gasteiger partial charge in [-0.25, -0.2) is 9.97 Å². The van der Waals surface area contributed by atoms with E-state index in [1.165, 1.54) is 6.92 Å². The van der Waals surface area contributed by atoms with Crippen molar-refractivity contribution in [3.05, 3.63) is 28.9 Å².